The minimum absolute atomic E-state index is 0.199. The molecule has 0 bridgehead atoms. The monoisotopic (exact) mass is 302 g/mol. The summed E-state index contributed by atoms with van der Waals surface area (Å²) >= 11 is 0. The molecule has 21 heavy (non-hydrogen) atoms. The van der Waals surface area contributed by atoms with Gasteiger partial charge in [0.25, 0.3) is 0 Å². The average molecular weight is 302 g/mol. The topological polar surface area (TPSA) is 88.1 Å². The van der Waals surface area contributed by atoms with Gasteiger partial charge in [0.15, 0.2) is 0 Å². The number of carbonyl (C=O) groups excluding carboxylic acids is 1. The first-order valence-corrected chi connectivity index (χ1v) is 7.27. The molecule has 1 heterocycles. The van der Waals surface area contributed by atoms with Gasteiger partial charge in [0.1, 0.15) is 11.6 Å². The normalized spacial score (nSPS) is 21.6. The zero-order chi connectivity index (χ0) is 16.0. The van der Waals surface area contributed by atoms with Crippen LogP contribution >= 0.6 is 0 Å². The van der Waals surface area contributed by atoms with Crippen LogP contribution in [0.1, 0.15) is 34.1 Å². The summed E-state index contributed by atoms with van der Waals surface area (Å²) in [4.78, 5) is 25.2. The Bertz CT molecular complexity index is 367. The molecule has 1 saturated heterocycles. The van der Waals surface area contributed by atoms with E-state index in [-0.39, 0.29) is 12.5 Å². The lowest BCUT2D eigenvalue weighted by atomic mass is 10.1. The number of nitrogens with zero attached hydrogens (tertiary/aromatic N) is 1. The van der Waals surface area contributed by atoms with Crippen molar-refractivity contribution in [2.45, 2.75) is 51.9 Å². The van der Waals surface area contributed by atoms with E-state index >= 15 is 0 Å². The van der Waals surface area contributed by atoms with Crippen LogP contribution in [0.15, 0.2) is 0 Å². The van der Waals surface area contributed by atoms with Crippen molar-refractivity contribution in [3.8, 4) is 0 Å². The van der Waals surface area contributed by atoms with Crippen LogP contribution in [0, 0.1) is 0 Å². The van der Waals surface area contributed by atoms with Gasteiger partial charge >= 0.3 is 12.1 Å². The molecule has 0 aliphatic carbocycles. The molecule has 1 fully saturated rings. The number of ether oxygens (including phenoxy) is 2. The number of carbonyl (C=O) groups is 2. The highest BCUT2D eigenvalue weighted by Crippen LogP contribution is 2.12. The van der Waals surface area contributed by atoms with Crippen LogP contribution in [0.5, 0.6) is 0 Å². The predicted octanol–water partition coefficient (Wildman–Crippen LogP) is 1.08. The van der Waals surface area contributed by atoms with Crippen LogP contribution in [0.4, 0.5) is 4.79 Å². The Morgan fingerprint density at radius 1 is 1.48 bits per heavy atom. The predicted molar refractivity (Wildman–Crippen MR) is 77.3 cm³/mol. The maximum Gasteiger partial charge on any atom is 0.408 e. The van der Waals surface area contributed by atoms with Crippen molar-refractivity contribution in [1.29, 1.82) is 0 Å². The summed E-state index contributed by atoms with van der Waals surface area (Å²) in [5, 5.41) is 11.6. The van der Waals surface area contributed by atoms with E-state index in [1.54, 1.807) is 20.8 Å². The number of alkyl carbamates (subject to hydrolysis) is 1. The molecule has 0 aromatic carbocycles. The van der Waals surface area contributed by atoms with Gasteiger partial charge in [-0.1, -0.05) is 6.92 Å². The van der Waals surface area contributed by atoms with Crippen LogP contribution in [0.2, 0.25) is 0 Å². The molecule has 0 radical (unpaired) electrons. The molecule has 1 aliphatic heterocycles. The number of nitrogens with one attached hydrogen (secondary N) is 1. The van der Waals surface area contributed by atoms with E-state index in [0.29, 0.717) is 13.2 Å². The third-order valence-corrected chi connectivity index (χ3v) is 3.16. The standard InChI is InChI=1S/C14H26N2O5/c1-5-16-6-7-20-10(9-16)8-11(12(17)18)15-13(19)21-14(2,3)4/h10-11H,5-9H2,1-4H3,(H,15,19)(H,17,18). The SMILES string of the molecule is CCN1CCOC(CC(NC(=O)OC(C)(C)C)C(=O)O)C1. The molecule has 7 heteroatoms. The summed E-state index contributed by atoms with van der Waals surface area (Å²) < 4.78 is 10.7. The molecule has 0 aromatic heterocycles. The van der Waals surface area contributed by atoms with Crippen molar-refractivity contribution < 1.29 is 24.2 Å². The zero-order valence-corrected chi connectivity index (χ0v) is 13.2. The van der Waals surface area contributed by atoms with Gasteiger partial charge in [0.05, 0.1) is 12.7 Å². The van der Waals surface area contributed by atoms with Crippen LogP contribution in [-0.2, 0) is 14.3 Å². The molecule has 1 aliphatic rings. The summed E-state index contributed by atoms with van der Waals surface area (Å²) in [6.45, 7) is 10.2. The Morgan fingerprint density at radius 3 is 2.67 bits per heavy atom. The first-order chi connectivity index (χ1) is 9.71. The van der Waals surface area contributed by atoms with Gasteiger partial charge in [-0.05, 0) is 27.3 Å². The molecule has 1 amide bonds. The van der Waals surface area contributed by atoms with E-state index in [0.717, 1.165) is 13.1 Å². The number of rotatable bonds is 5. The van der Waals surface area contributed by atoms with Crippen molar-refractivity contribution in [2.24, 2.45) is 0 Å². The summed E-state index contributed by atoms with van der Waals surface area (Å²) in [6, 6.07) is -1.01. The third kappa shape index (κ3) is 6.77. The molecule has 122 valence electrons. The summed E-state index contributed by atoms with van der Waals surface area (Å²) in [5.74, 6) is -1.09. The number of hydrogen-bond donors (Lipinski definition) is 2. The maximum absolute atomic E-state index is 11.7. The smallest absolute Gasteiger partial charge is 0.408 e. The molecule has 0 saturated carbocycles. The Morgan fingerprint density at radius 2 is 2.14 bits per heavy atom. The van der Waals surface area contributed by atoms with Gasteiger partial charge in [-0.2, -0.15) is 0 Å². The van der Waals surface area contributed by atoms with Gasteiger partial charge in [-0.3, -0.25) is 4.90 Å². The fourth-order valence-corrected chi connectivity index (χ4v) is 2.14. The van der Waals surface area contributed by atoms with Crippen molar-refractivity contribution in [3.63, 3.8) is 0 Å². The Balaban J connectivity index is 2.53. The second-order valence-corrected chi connectivity index (χ2v) is 6.16. The molecular weight excluding hydrogens is 276 g/mol. The molecule has 7 nitrogen and oxygen atoms in total. The van der Waals surface area contributed by atoms with E-state index in [1.165, 1.54) is 0 Å². The number of carboxylic acids is 1. The van der Waals surface area contributed by atoms with Crippen molar-refractivity contribution in [3.05, 3.63) is 0 Å². The van der Waals surface area contributed by atoms with E-state index < -0.39 is 23.7 Å². The molecule has 2 N–H and O–H groups in total. The summed E-state index contributed by atoms with van der Waals surface area (Å²) in [7, 11) is 0. The third-order valence-electron chi connectivity index (χ3n) is 3.16. The lowest BCUT2D eigenvalue weighted by molar-refractivity contribution is -0.141. The van der Waals surface area contributed by atoms with Crippen LogP contribution in [0.25, 0.3) is 0 Å². The van der Waals surface area contributed by atoms with Gasteiger partial charge in [-0.15, -0.1) is 0 Å². The first kappa shape index (κ1) is 17.7. The van der Waals surface area contributed by atoms with Crippen LogP contribution < -0.4 is 5.32 Å². The fraction of sp³-hybridized carbons (Fsp3) is 0.857. The Kier molecular flexibility index (Phi) is 6.42. The highest BCUT2D eigenvalue weighted by atomic mass is 16.6. The number of aliphatic carboxylic acids is 1. The summed E-state index contributed by atoms with van der Waals surface area (Å²) in [5.41, 5.74) is -0.659. The van der Waals surface area contributed by atoms with E-state index in [2.05, 4.69) is 17.1 Å². The van der Waals surface area contributed by atoms with Crippen LogP contribution in [0.3, 0.4) is 0 Å². The number of carboxylic acid groups (broad SMARTS) is 1. The van der Waals surface area contributed by atoms with Gasteiger partial charge < -0.3 is 19.9 Å². The molecule has 1 rings (SSSR count). The molecule has 0 spiro atoms. The lowest BCUT2D eigenvalue weighted by Gasteiger charge is -2.33. The largest absolute Gasteiger partial charge is 0.480 e. The van der Waals surface area contributed by atoms with Gasteiger partial charge in [-0.25, -0.2) is 9.59 Å². The van der Waals surface area contributed by atoms with E-state index in [9.17, 15) is 14.7 Å². The Labute approximate surface area is 125 Å². The number of likely N-dealkylation sites (N-methyl/N-ethyl adjacent to an activating group) is 1. The lowest BCUT2D eigenvalue weighted by Crippen LogP contribution is -2.49. The second-order valence-electron chi connectivity index (χ2n) is 6.16. The molecule has 0 aromatic rings. The van der Waals surface area contributed by atoms with Gasteiger partial charge in [0.2, 0.25) is 0 Å². The molecule has 2 unspecified atom stereocenters. The highest BCUT2D eigenvalue weighted by Gasteiger charge is 2.29. The van der Waals surface area contributed by atoms with Crippen molar-refractivity contribution in [1.82, 2.24) is 10.2 Å². The van der Waals surface area contributed by atoms with Gasteiger partial charge in [0, 0.05) is 19.5 Å². The number of amides is 1. The molecular formula is C14H26N2O5. The van der Waals surface area contributed by atoms with E-state index in [4.69, 9.17) is 9.47 Å². The minimum Gasteiger partial charge on any atom is -0.480 e. The fourth-order valence-electron chi connectivity index (χ4n) is 2.14. The second kappa shape index (κ2) is 7.61. The highest BCUT2D eigenvalue weighted by molar-refractivity contribution is 5.80. The first-order valence-electron chi connectivity index (χ1n) is 7.27. The number of hydrogen-bond acceptors (Lipinski definition) is 5. The Hall–Kier alpha value is -1.34. The summed E-state index contributed by atoms with van der Waals surface area (Å²) in [6.07, 6.45) is -0.696. The van der Waals surface area contributed by atoms with E-state index in [1.807, 2.05) is 0 Å². The molecule has 2 atom stereocenters. The van der Waals surface area contributed by atoms with Crippen molar-refractivity contribution in [2.75, 3.05) is 26.2 Å². The maximum atomic E-state index is 11.7. The minimum atomic E-state index is -1.09. The van der Waals surface area contributed by atoms with Crippen molar-refractivity contribution >= 4 is 12.1 Å². The van der Waals surface area contributed by atoms with Crippen LogP contribution in [-0.4, -0.2) is 66.1 Å². The quantitative estimate of drug-likeness (QED) is 0.790. The number of morpholine rings is 1. The average Bonchev–Trinajstić information content (AvgIpc) is 2.36. The zero-order valence-electron chi connectivity index (χ0n) is 13.2.